The maximum atomic E-state index is 12.1. The number of nitrogens with two attached hydrogens (primary N) is 1. The predicted octanol–water partition coefficient (Wildman–Crippen LogP) is 2.51. The molecule has 2 unspecified atom stereocenters. The van der Waals surface area contributed by atoms with Gasteiger partial charge in [-0.1, -0.05) is 0 Å². The van der Waals surface area contributed by atoms with Crippen LogP contribution in [-0.2, 0) is 9.53 Å². The van der Waals surface area contributed by atoms with Crippen molar-refractivity contribution in [2.75, 3.05) is 30.3 Å². The third-order valence-electron chi connectivity index (χ3n) is 4.09. The highest BCUT2D eigenvalue weighted by Crippen LogP contribution is 2.23. The lowest BCUT2D eigenvalue weighted by Crippen LogP contribution is -2.58. The Balaban J connectivity index is 1.99. The highest BCUT2D eigenvalue weighted by atomic mass is 16.6. The van der Waals surface area contributed by atoms with E-state index in [0.717, 1.165) is 18.8 Å². The van der Waals surface area contributed by atoms with E-state index >= 15 is 0 Å². The first-order chi connectivity index (χ1) is 10.7. The molecule has 23 heavy (non-hydrogen) atoms. The minimum atomic E-state index is -0.435. The van der Waals surface area contributed by atoms with Gasteiger partial charge < -0.3 is 15.4 Å². The van der Waals surface area contributed by atoms with Gasteiger partial charge in [0.25, 0.3) is 0 Å². The van der Waals surface area contributed by atoms with E-state index in [9.17, 15) is 4.79 Å². The zero-order chi connectivity index (χ0) is 17.2. The number of esters is 1. The van der Waals surface area contributed by atoms with Crippen molar-refractivity contribution < 1.29 is 9.53 Å². The number of rotatable bonds is 3. The van der Waals surface area contributed by atoms with Crippen molar-refractivity contribution in [2.45, 2.75) is 52.3 Å². The molecule has 0 saturated carbocycles. The van der Waals surface area contributed by atoms with Gasteiger partial charge in [0.1, 0.15) is 5.60 Å². The molecular formula is C18H29N3O2. The SMILES string of the molecule is CC1CN(c2ccc(N)cc2)CC(C)N1CC(=O)OC(C)(C)C. The number of carbonyl (C=O) groups excluding carboxylic acids is 1. The van der Waals surface area contributed by atoms with Crippen LogP contribution in [0.4, 0.5) is 11.4 Å². The minimum Gasteiger partial charge on any atom is -0.459 e. The summed E-state index contributed by atoms with van der Waals surface area (Å²) in [7, 11) is 0. The van der Waals surface area contributed by atoms with Crippen molar-refractivity contribution in [2.24, 2.45) is 0 Å². The van der Waals surface area contributed by atoms with Crippen LogP contribution in [0.1, 0.15) is 34.6 Å². The number of nitrogen functional groups attached to an aromatic ring is 1. The molecule has 0 radical (unpaired) electrons. The molecule has 0 spiro atoms. The Bertz CT molecular complexity index is 524. The van der Waals surface area contributed by atoms with Gasteiger partial charge >= 0.3 is 5.97 Å². The van der Waals surface area contributed by atoms with Gasteiger partial charge in [-0.25, -0.2) is 0 Å². The molecule has 0 aromatic heterocycles. The standard InChI is InChI=1S/C18H29N3O2/c1-13-10-20(16-8-6-15(19)7-9-16)11-14(2)21(13)12-17(22)23-18(3,4)5/h6-9,13-14H,10-12,19H2,1-5H3. The average Bonchev–Trinajstić information content (AvgIpc) is 2.41. The van der Waals surface area contributed by atoms with Gasteiger partial charge in [-0.2, -0.15) is 0 Å². The second kappa shape index (κ2) is 6.79. The lowest BCUT2D eigenvalue weighted by Gasteiger charge is -2.45. The number of nitrogens with zero attached hydrogens (tertiary/aromatic N) is 2. The van der Waals surface area contributed by atoms with Crippen molar-refractivity contribution in [1.29, 1.82) is 0 Å². The van der Waals surface area contributed by atoms with Gasteiger partial charge in [0.05, 0.1) is 6.54 Å². The highest BCUT2D eigenvalue weighted by molar-refractivity contribution is 5.72. The molecule has 2 N–H and O–H groups in total. The number of hydrogen-bond donors (Lipinski definition) is 1. The summed E-state index contributed by atoms with van der Waals surface area (Å²) in [4.78, 5) is 16.7. The maximum Gasteiger partial charge on any atom is 0.320 e. The Morgan fingerprint density at radius 1 is 1.17 bits per heavy atom. The molecule has 1 aromatic rings. The molecule has 2 rings (SSSR count). The average molecular weight is 319 g/mol. The monoisotopic (exact) mass is 319 g/mol. The molecule has 1 aliphatic heterocycles. The van der Waals surface area contributed by atoms with Crippen molar-refractivity contribution in [1.82, 2.24) is 4.90 Å². The van der Waals surface area contributed by atoms with Gasteiger partial charge in [-0.15, -0.1) is 0 Å². The van der Waals surface area contributed by atoms with E-state index in [1.807, 2.05) is 32.9 Å². The van der Waals surface area contributed by atoms with E-state index in [-0.39, 0.29) is 18.1 Å². The van der Waals surface area contributed by atoms with Crippen LogP contribution in [0.3, 0.4) is 0 Å². The molecule has 1 fully saturated rings. The summed E-state index contributed by atoms with van der Waals surface area (Å²) in [5.41, 5.74) is 7.28. The maximum absolute atomic E-state index is 12.1. The molecule has 5 heteroatoms. The van der Waals surface area contributed by atoms with Gasteiger partial charge in [0, 0.05) is 36.5 Å². The van der Waals surface area contributed by atoms with Crippen LogP contribution >= 0.6 is 0 Å². The van der Waals surface area contributed by atoms with Gasteiger partial charge in [-0.3, -0.25) is 9.69 Å². The Kier molecular flexibility index (Phi) is 5.19. The smallest absolute Gasteiger partial charge is 0.320 e. The Labute approximate surface area is 139 Å². The number of anilines is 2. The summed E-state index contributed by atoms with van der Waals surface area (Å²) in [5.74, 6) is -0.155. The summed E-state index contributed by atoms with van der Waals surface area (Å²) < 4.78 is 5.45. The predicted molar refractivity (Wildman–Crippen MR) is 94.5 cm³/mol. The number of ether oxygens (including phenoxy) is 1. The zero-order valence-corrected chi connectivity index (χ0v) is 14.9. The summed E-state index contributed by atoms with van der Waals surface area (Å²) in [6.45, 7) is 12.1. The second-order valence-corrected chi connectivity index (χ2v) is 7.45. The first-order valence-corrected chi connectivity index (χ1v) is 8.24. The van der Waals surface area contributed by atoms with Gasteiger partial charge in [0.15, 0.2) is 0 Å². The van der Waals surface area contributed by atoms with E-state index in [4.69, 9.17) is 10.5 Å². The molecule has 0 bridgehead atoms. The van der Waals surface area contributed by atoms with Crippen molar-refractivity contribution in [3.05, 3.63) is 24.3 Å². The molecule has 1 heterocycles. The lowest BCUT2D eigenvalue weighted by molar-refractivity contribution is -0.157. The largest absolute Gasteiger partial charge is 0.459 e. The molecule has 128 valence electrons. The first-order valence-electron chi connectivity index (χ1n) is 8.24. The lowest BCUT2D eigenvalue weighted by atomic mass is 10.1. The highest BCUT2D eigenvalue weighted by Gasteiger charge is 2.32. The van der Waals surface area contributed by atoms with Crippen LogP contribution in [0, 0.1) is 0 Å². The topological polar surface area (TPSA) is 58.8 Å². The van der Waals surface area contributed by atoms with Crippen molar-refractivity contribution in [3.8, 4) is 0 Å². The first kappa shape index (κ1) is 17.6. The summed E-state index contributed by atoms with van der Waals surface area (Å²) >= 11 is 0. The van der Waals surface area contributed by atoms with Crippen LogP contribution < -0.4 is 10.6 Å². The molecule has 2 atom stereocenters. The fraction of sp³-hybridized carbons (Fsp3) is 0.611. The van der Waals surface area contributed by atoms with Crippen LogP contribution in [0.2, 0.25) is 0 Å². The van der Waals surface area contributed by atoms with E-state index in [0.29, 0.717) is 6.54 Å². The number of hydrogen-bond acceptors (Lipinski definition) is 5. The minimum absolute atomic E-state index is 0.155. The summed E-state index contributed by atoms with van der Waals surface area (Å²) in [5, 5.41) is 0. The van der Waals surface area contributed by atoms with Crippen molar-refractivity contribution >= 4 is 17.3 Å². The van der Waals surface area contributed by atoms with Crippen LogP contribution in [0.15, 0.2) is 24.3 Å². The third-order valence-corrected chi connectivity index (χ3v) is 4.09. The van der Waals surface area contributed by atoms with Crippen LogP contribution in [0.5, 0.6) is 0 Å². The van der Waals surface area contributed by atoms with Crippen LogP contribution in [-0.4, -0.2) is 48.2 Å². The van der Waals surface area contributed by atoms with Crippen LogP contribution in [0.25, 0.3) is 0 Å². The molecule has 5 nitrogen and oxygen atoms in total. The van der Waals surface area contributed by atoms with Crippen molar-refractivity contribution in [3.63, 3.8) is 0 Å². The van der Waals surface area contributed by atoms with E-state index < -0.39 is 5.60 Å². The van der Waals surface area contributed by atoms with Gasteiger partial charge in [0.2, 0.25) is 0 Å². The Morgan fingerprint density at radius 3 is 2.17 bits per heavy atom. The fourth-order valence-corrected chi connectivity index (χ4v) is 3.09. The summed E-state index contributed by atoms with van der Waals surface area (Å²) in [6, 6.07) is 8.53. The number of piperazine rings is 1. The number of benzene rings is 1. The fourth-order valence-electron chi connectivity index (χ4n) is 3.09. The molecule has 0 aliphatic carbocycles. The van der Waals surface area contributed by atoms with E-state index in [2.05, 4.69) is 35.8 Å². The quantitative estimate of drug-likeness (QED) is 0.685. The van der Waals surface area contributed by atoms with Gasteiger partial charge in [-0.05, 0) is 58.9 Å². The Morgan fingerprint density at radius 2 is 1.70 bits per heavy atom. The normalized spacial score (nSPS) is 22.9. The van der Waals surface area contributed by atoms with E-state index in [1.54, 1.807) is 0 Å². The molecule has 0 amide bonds. The molecule has 1 aromatic carbocycles. The number of carbonyl (C=O) groups is 1. The molecule has 1 saturated heterocycles. The third kappa shape index (κ3) is 4.86. The molecule has 1 aliphatic rings. The second-order valence-electron chi connectivity index (χ2n) is 7.45. The zero-order valence-electron chi connectivity index (χ0n) is 14.9. The summed E-state index contributed by atoms with van der Waals surface area (Å²) in [6.07, 6.45) is 0. The molecular weight excluding hydrogens is 290 g/mol. The Hall–Kier alpha value is -1.75. The van der Waals surface area contributed by atoms with E-state index in [1.165, 1.54) is 5.69 Å².